The molecule has 4 rings (SSSR count). The molecule has 0 radical (unpaired) electrons. The Labute approximate surface area is 175 Å². The van der Waals surface area contributed by atoms with Crippen molar-refractivity contribution >= 4 is 17.4 Å². The van der Waals surface area contributed by atoms with Crippen molar-refractivity contribution in [2.24, 2.45) is 0 Å². The van der Waals surface area contributed by atoms with Gasteiger partial charge in [0.25, 0.3) is 5.91 Å². The molecule has 0 bridgehead atoms. The van der Waals surface area contributed by atoms with Gasteiger partial charge in [-0.3, -0.25) is 4.79 Å². The van der Waals surface area contributed by atoms with Crippen LogP contribution in [0.5, 0.6) is 5.75 Å². The van der Waals surface area contributed by atoms with E-state index in [1.165, 1.54) is 22.7 Å². The zero-order valence-electron chi connectivity index (χ0n) is 17.0. The Bertz CT molecular complexity index is 986. The molecule has 2 unspecified atom stereocenters. The van der Waals surface area contributed by atoms with Gasteiger partial charge in [-0.2, -0.15) is 0 Å². The monoisotopic (exact) mass is 407 g/mol. The number of rotatable bonds is 5. The molecule has 1 aliphatic heterocycles. The molecule has 0 saturated heterocycles. The number of carbonyl (C=O) groups excluding carboxylic acids is 1. The molecule has 5 nitrogen and oxygen atoms in total. The van der Waals surface area contributed by atoms with Gasteiger partial charge >= 0.3 is 0 Å². The molecule has 29 heavy (non-hydrogen) atoms. The predicted octanol–water partition coefficient (Wildman–Crippen LogP) is 5.14. The van der Waals surface area contributed by atoms with E-state index in [2.05, 4.69) is 42.5 Å². The van der Waals surface area contributed by atoms with Crippen molar-refractivity contribution < 1.29 is 9.53 Å². The van der Waals surface area contributed by atoms with Gasteiger partial charge in [-0.05, 0) is 73.6 Å². The number of nitrogens with zero attached hydrogens (tertiary/aromatic N) is 3. The third-order valence-electron chi connectivity index (χ3n) is 5.47. The summed E-state index contributed by atoms with van der Waals surface area (Å²) in [5.74, 6) is 0.974. The first kappa shape index (κ1) is 19.6. The fourth-order valence-electron chi connectivity index (χ4n) is 4.02. The number of fused-ring (bicyclic) bond motifs is 1. The predicted molar refractivity (Wildman–Crippen MR) is 115 cm³/mol. The number of ether oxygens (including phenoxy) is 1. The van der Waals surface area contributed by atoms with Gasteiger partial charge in [0, 0.05) is 22.5 Å². The highest BCUT2D eigenvalue weighted by Crippen LogP contribution is 2.36. The van der Waals surface area contributed by atoms with E-state index in [9.17, 15) is 4.79 Å². The second kappa shape index (κ2) is 8.33. The molecule has 0 saturated carbocycles. The van der Waals surface area contributed by atoms with E-state index < -0.39 is 0 Å². The zero-order valence-corrected chi connectivity index (χ0v) is 17.8. The Hall–Kier alpha value is -2.73. The summed E-state index contributed by atoms with van der Waals surface area (Å²) in [6.45, 7) is 7.05. The molecule has 0 spiro atoms. The number of hydrogen-bond donors (Lipinski definition) is 0. The van der Waals surface area contributed by atoms with Gasteiger partial charge in [-0.1, -0.05) is 29.6 Å². The van der Waals surface area contributed by atoms with Gasteiger partial charge < -0.3 is 9.64 Å². The molecule has 150 valence electrons. The molecular weight excluding hydrogens is 382 g/mol. The zero-order chi connectivity index (χ0) is 20.4. The van der Waals surface area contributed by atoms with Gasteiger partial charge in [0.2, 0.25) is 0 Å². The third kappa shape index (κ3) is 3.90. The van der Waals surface area contributed by atoms with Crippen LogP contribution in [-0.2, 0) is 6.42 Å². The Morgan fingerprint density at radius 2 is 2.00 bits per heavy atom. The minimum absolute atomic E-state index is 0.0175. The Morgan fingerprint density at radius 3 is 2.69 bits per heavy atom. The van der Waals surface area contributed by atoms with Crippen molar-refractivity contribution in [3.63, 3.8) is 0 Å². The molecule has 1 aromatic heterocycles. The minimum Gasteiger partial charge on any atom is -0.494 e. The number of aromatic nitrogens is 2. The van der Waals surface area contributed by atoms with Gasteiger partial charge in [0.05, 0.1) is 12.6 Å². The standard InChI is InChI=1S/C23H25N3O2S/c1-4-11-28-20-9-10-21-16(3)26(15(2)12-19(21)13-20)23(27)18-7-5-17(6-8-18)22-14-29-25-24-22/h5-10,13-16H,4,11-12H2,1-3H3. The lowest BCUT2D eigenvalue weighted by Gasteiger charge is -2.40. The lowest BCUT2D eigenvalue weighted by molar-refractivity contribution is 0.0580. The average Bonchev–Trinajstić information content (AvgIpc) is 3.27. The van der Waals surface area contributed by atoms with E-state index in [1.807, 2.05) is 40.6 Å². The lowest BCUT2D eigenvalue weighted by atomic mass is 9.88. The molecule has 1 aliphatic rings. The first-order valence-electron chi connectivity index (χ1n) is 10.0. The largest absolute Gasteiger partial charge is 0.494 e. The molecule has 3 aromatic rings. The van der Waals surface area contributed by atoms with Crippen LogP contribution >= 0.6 is 11.5 Å². The summed E-state index contributed by atoms with van der Waals surface area (Å²) < 4.78 is 9.69. The van der Waals surface area contributed by atoms with E-state index in [0.717, 1.165) is 36.5 Å². The summed E-state index contributed by atoms with van der Waals surface area (Å²) in [5, 5.41) is 5.99. The van der Waals surface area contributed by atoms with E-state index in [1.54, 1.807) is 0 Å². The summed E-state index contributed by atoms with van der Waals surface area (Å²) in [6.07, 6.45) is 1.82. The first-order valence-corrected chi connectivity index (χ1v) is 10.9. The van der Waals surface area contributed by atoms with Crippen molar-refractivity contribution in [3.8, 4) is 17.0 Å². The fourth-order valence-corrected chi connectivity index (χ4v) is 4.49. The highest BCUT2D eigenvalue weighted by Gasteiger charge is 2.33. The molecule has 6 heteroatoms. The van der Waals surface area contributed by atoms with Crippen LogP contribution in [0, 0.1) is 0 Å². The quantitative estimate of drug-likeness (QED) is 0.587. The van der Waals surface area contributed by atoms with E-state index in [0.29, 0.717) is 5.56 Å². The molecule has 0 fully saturated rings. The van der Waals surface area contributed by atoms with Crippen LogP contribution in [0.25, 0.3) is 11.3 Å². The van der Waals surface area contributed by atoms with Crippen molar-refractivity contribution in [3.05, 3.63) is 64.5 Å². The van der Waals surface area contributed by atoms with Crippen LogP contribution in [0.2, 0.25) is 0 Å². The van der Waals surface area contributed by atoms with E-state index in [-0.39, 0.29) is 18.0 Å². The van der Waals surface area contributed by atoms with E-state index in [4.69, 9.17) is 4.74 Å². The van der Waals surface area contributed by atoms with Crippen LogP contribution < -0.4 is 4.74 Å². The number of carbonyl (C=O) groups is 1. The van der Waals surface area contributed by atoms with Crippen LogP contribution in [0.15, 0.2) is 47.8 Å². The van der Waals surface area contributed by atoms with Gasteiger partial charge in [-0.25, -0.2) is 0 Å². The maximum atomic E-state index is 13.3. The molecule has 2 atom stereocenters. The van der Waals surface area contributed by atoms with Crippen LogP contribution in [0.4, 0.5) is 0 Å². The summed E-state index contributed by atoms with van der Waals surface area (Å²) in [6, 6.07) is 14.0. The molecule has 2 heterocycles. The summed E-state index contributed by atoms with van der Waals surface area (Å²) in [5.41, 5.74) is 4.98. The number of hydrogen-bond acceptors (Lipinski definition) is 5. The second-order valence-electron chi connectivity index (χ2n) is 7.52. The summed E-state index contributed by atoms with van der Waals surface area (Å²) in [7, 11) is 0. The highest BCUT2D eigenvalue weighted by atomic mass is 32.1. The Morgan fingerprint density at radius 1 is 1.21 bits per heavy atom. The topological polar surface area (TPSA) is 55.3 Å². The van der Waals surface area contributed by atoms with Crippen molar-refractivity contribution in [2.45, 2.75) is 45.7 Å². The van der Waals surface area contributed by atoms with Gasteiger partial charge in [-0.15, -0.1) is 5.10 Å². The number of amides is 1. The molecule has 1 amide bonds. The van der Waals surface area contributed by atoms with Crippen LogP contribution in [-0.4, -0.2) is 33.0 Å². The van der Waals surface area contributed by atoms with Gasteiger partial charge in [0.1, 0.15) is 11.4 Å². The smallest absolute Gasteiger partial charge is 0.254 e. The first-order chi connectivity index (χ1) is 14.1. The minimum atomic E-state index is 0.0175. The maximum absolute atomic E-state index is 13.3. The third-order valence-corrected chi connectivity index (χ3v) is 5.97. The van der Waals surface area contributed by atoms with E-state index >= 15 is 0 Å². The van der Waals surface area contributed by atoms with Gasteiger partial charge in [0.15, 0.2) is 0 Å². The maximum Gasteiger partial charge on any atom is 0.254 e. The Kier molecular flexibility index (Phi) is 5.62. The van der Waals surface area contributed by atoms with Crippen molar-refractivity contribution in [1.29, 1.82) is 0 Å². The summed E-state index contributed by atoms with van der Waals surface area (Å²) >= 11 is 1.32. The summed E-state index contributed by atoms with van der Waals surface area (Å²) in [4.78, 5) is 15.3. The van der Waals surface area contributed by atoms with Crippen LogP contribution in [0.3, 0.4) is 0 Å². The average molecular weight is 408 g/mol. The van der Waals surface area contributed by atoms with Crippen LogP contribution in [0.1, 0.15) is 54.7 Å². The van der Waals surface area contributed by atoms with Crippen molar-refractivity contribution in [1.82, 2.24) is 14.5 Å². The highest BCUT2D eigenvalue weighted by molar-refractivity contribution is 7.03. The Balaban J connectivity index is 1.56. The second-order valence-corrected chi connectivity index (χ2v) is 8.13. The van der Waals surface area contributed by atoms with Crippen molar-refractivity contribution in [2.75, 3.05) is 6.61 Å². The lowest BCUT2D eigenvalue weighted by Crippen LogP contribution is -2.45. The number of benzene rings is 2. The fraction of sp³-hybridized carbons (Fsp3) is 0.348. The molecular formula is C23H25N3O2S. The normalized spacial score (nSPS) is 18.4. The molecule has 2 aromatic carbocycles. The SMILES string of the molecule is CCCOc1ccc2c(c1)CC(C)N(C(=O)c1ccc(-c3csnn3)cc1)C2C. The molecule has 0 N–H and O–H groups in total. The molecule has 0 aliphatic carbocycles.